The van der Waals surface area contributed by atoms with Gasteiger partial charge in [0.25, 0.3) is 11.6 Å². The van der Waals surface area contributed by atoms with Crippen molar-refractivity contribution >= 4 is 44.6 Å². The van der Waals surface area contributed by atoms with Gasteiger partial charge in [0.1, 0.15) is 5.75 Å². The van der Waals surface area contributed by atoms with Crippen LogP contribution in [0.25, 0.3) is 10.9 Å². The van der Waals surface area contributed by atoms with Gasteiger partial charge in [-0.15, -0.1) is 0 Å². The van der Waals surface area contributed by atoms with Crippen LogP contribution in [0.3, 0.4) is 0 Å². The first kappa shape index (κ1) is 19.6. The summed E-state index contributed by atoms with van der Waals surface area (Å²) in [4.78, 5) is 22.2. The number of non-ortho nitro benzene ring substituents is 1. The molecule has 0 atom stereocenters. The summed E-state index contributed by atoms with van der Waals surface area (Å²) >= 11 is 3.19. The summed E-state index contributed by atoms with van der Waals surface area (Å²) in [5, 5.41) is 15.8. The monoisotopic (exact) mass is 444 g/mol. The van der Waals surface area contributed by atoms with E-state index in [9.17, 15) is 14.9 Å². The average Bonchev–Trinajstić information content (AvgIpc) is 2.92. The molecule has 0 aliphatic carbocycles. The van der Waals surface area contributed by atoms with Crippen molar-refractivity contribution in [3.05, 3.63) is 68.3 Å². The lowest BCUT2D eigenvalue weighted by Gasteiger charge is -2.06. The molecule has 0 aliphatic rings. The number of ether oxygens (including phenoxy) is 1. The zero-order chi connectivity index (χ0) is 20.3. The van der Waals surface area contributed by atoms with Gasteiger partial charge in [-0.3, -0.25) is 14.9 Å². The van der Waals surface area contributed by atoms with Gasteiger partial charge in [-0.1, -0.05) is 18.2 Å². The molecule has 3 aromatic rings. The van der Waals surface area contributed by atoms with E-state index < -0.39 is 10.8 Å². The molecule has 0 spiro atoms. The van der Waals surface area contributed by atoms with Crippen molar-refractivity contribution < 1.29 is 14.5 Å². The van der Waals surface area contributed by atoms with Crippen LogP contribution in [-0.2, 0) is 11.8 Å². The number of hydrazone groups is 1. The number of benzene rings is 2. The Morgan fingerprint density at radius 2 is 2.11 bits per heavy atom. The van der Waals surface area contributed by atoms with Gasteiger partial charge in [0.05, 0.1) is 15.6 Å². The number of nitrogens with one attached hydrogen (secondary N) is 1. The van der Waals surface area contributed by atoms with E-state index in [1.807, 2.05) is 38.2 Å². The molecule has 0 bridgehead atoms. The van der Waals surface area contributed by atoms with Crippen LogP contribution < -0.4 is 10.2 Å². The second-order valence-electron chi connectivity index (χ2n) is 6.03. The second-order valence-corrected chi connectivity index (χ2v) is 6.88. The third kappa shape index (κ3) is 4.04. The number of fused-ring (bicyclic) bond motifs is 1. The normalized spacial score (nSPS) is 11.1. The maximum atomic E-state index is 12.0. The number of nitrogens with zero attached hydrogens (tertiary/aromatic N) is 3. The third-order valence-electron chi connectivity index (χ3n) is 4.32. The standard InChI is InChI=1S/C19H17BrN4O4/c1-12-15(14-5-3-4-6-17(14)23(12)2)10-21-22-19(25)11-28-18-8-7-13(24(26)27)9-16(18)20/h3-10H,11H2,1-2H3,(H,22,25)/b21-10+. The summed E-state index contributed by atoms with van der Waals surface area (Å²) < 4.78 is 7.83. The summed E-state index contributed by atoms with van der Waals surface area (Å²) in [5.41, 5.74) is 5.40. The van der Waals surface area contributed by atoms with E-state index in [-0.39, 0.29) is 12.3 Å². The summed E-state index contributed by atoms with van der Waals surface area (Å²) in [5.74, 6) is -0.117. The SMILES string of the molecule is Cc1c(/C=N/NC(=O)COc2ccc([N+](=O)[O-])cc2Br)c2ccccc2n1C. The maximum Gasteiger partial charge on any atom is 0.277 e. The molecule has 1 N–H and O–H groups in total. The summed E-state index contributed by atoms with van der Waals surface area (Å²) in [7, 11) is 1.98. The Hall–Kier alpha value is -3.20. The number of aryl methyl sites for hydroxylation is 1. The largest absolute Gasteiger partial charge is 0.483 e. The minimum atomic E-state index is -0.509. The lowest BCUT2D eigenvalue weighted by atomic mass is 10.1. The van der Waals surface area contributed by atoms with E-state index in [1.54, 1.807) is 6.21 Å². The Labute approximate surface area is 169 Å². The number of amides is 1. The number of nitro benzene ring substituents is 1. The van der Waals surface area contributed by atoms with Crippen LogP contribution in [0.2, 0.25) is 0 Å². The number of carbonyl (C=O) groups is 1. The first-order valence-electron chi connectivity index (χ1n) is 8.31. The van der Waals surface area contributed by atoms with E-state index in [0.717, 1.165) is 22.2 Å². The summed E-state index contributed by atoms with van der Waals surface area (Å²) in [6.45, 7) is 1.71. The number of hydrogen-bond donors (Lipinski definition) is 1. The molecular weight excluding hydrogens is 428 g/mol. The number of hydrogen-bond acceptors (Lipinski definition) is 5. The lowest BCUT2D eigenvalue weighted by molar-refractivity contribution is -0.384. The van der Waals surface area contributed by atoms with Crippen LogP contribution in [0.15, 0.2) is 52.0 Å². The van der Waals surface area contributed by atoms with Gasteiger partial charge in [-0.25, -0.2) is 5.43 Å². The van der Waals surface area contributed by atoms with Crippen molar-refractivity contribution in [2.24, 2.45) is 12.1 Å². The molecule has 2 aromatic carbocycles. The first-order chi connectivity index (χ1) is 13.4. The van der Waals surface area contributed by atoms with Crippen molar-refractivity contribution in [1.82, 2.24) is 9.99 Å². The number of para-hydroxylation sites is 1. The molecule has 0 aliphatic heterocycles. The lowest BCUT2D eigenvalue weighted by Crippen LogP contribution is -2.24. The van der Waals surface area contributed by atoms with Crippen LogP contribution in [0.5, 0.6) is 5.75 Å². The number of rotatable bonds is 6. The highest BCUT2D eigenvalue weighted by atomic mass is 79.9. The molecule has 0 saturated heterocycles. The predicted molar refractivity (Wildman–Crippen MR) is 110 cm³/mol. The van der Waals surface area contributed by atoms with Crippen LogP contribution >= 0.6 is 15.9 Å². The molecule has 3 rings (SSSR count). The molecule has 144 valence electrons. The molecule has 9 heteroatoms. The Morgan fingerprint density at radius 3 is 2.82 bits per heavy atom. The highest BCUT2D eigenvalue weighted by Gasteiger charge is 2.12. The number of nitro groups is 1. The van der Waals surface area contributed by atoms with Crippen LogP contribution in [0.4, 0.5) is 5.69 Å². The van der Waals surface area contributed by atoms with Crippen molar-refractivity contribution in [1.29, 1.82) is 0 Å². The Morgan fingerprint density at radius 1 is 1.36 bits per heavy atom. The van der Waals surface area contributed by atoms with Gasteiger partial charge in [0.2, 0.25) is 0 Å². The topological polar surface area (TPSA) is 98.8 Å². The predicted octanol–water partition coefficient (Wildman–Crippen LogP) is 3.69. The minimum Gasteiger partial charge on any atom is -0.483 e. The Bertz CT molecular complexity index is 1090. The summed E-state index contributed by atoms with van der Waals surface area (Å²) in [6, 6.07) is 12.0. The van der Waals surface area contributed by atoms with Crippen LogP contribution in [0, 0.1) is 17.0 Å². The van der Waals surface area contributed by atoms with Crippen molar-refractivity contribution in [3.63, 3.8) is 0 Å². The number of aromatic nitrogens is 1. The molecule has 0 unspecified atom stereocenters. The molecule has 0 fully saturated rings. The van der Waals surface area contributed by atoms with E-state index in [0.29, 0.717) is 10.2 Å². The molecular formula is C19H17BrN4O4. The fraction of sp³-hybridized carbons (Fsp3) is 0.158. The summed E-state index contributed by atoms with van der Waals surface area (Å²) in [6.07, 6.45) is 1.61. The van der Waals surface area contributed by atoms with Gasteiger partial charge in [-0.05, 0) is 35.0 Å². The fourth-order valence-corrected chi connectivity index (χ4v) is 3.26. The average molecular weight is 445 g/mol. The van der Waals surface area contributed by atoms with Gasteiger partial charge >= 0.3 is 0 Å². The minimum absolute atomic E-state index is 0.0706. The Balaban J connectivity index is 1.62. The maximum absolute atomic E-state index is 12.0. The van der Waals surface area contributed by atoms with E-state index in [1.165, 1.54) is 18.2 Å². The highest BCUT2D eigenvalue weighted by molar-refractivity contribution is 9.10. The molecule has 28 heavy (non-hydrogen) atoms. The zero-order valence-corrected chi connectivity index (χ0v) is 16.8. The van der Waals surface area contributed by atoms with Crippen LogP contribution in [0.1, 0.15) is 11.3 Å². The van der Waals surface area contributed by atoms with Crippen LogP contribution in [-0.4, -0.2) is 28.2 Å². The quantitative estimate of drug-likeness (QED) is 0.356. The fourth-order valence-electron chi connectivity index (χ4n) is 2.78. The van der Waals surface area contributed by atoms with E-state index >= 15 is 0 Å². The molecule has 0 radical (unpaired) electrons. The second kappa shape index (κ2) is 8.22. The number of halogens is 1. The van der Waals surface area contributed by atoms with E-state index in [4.69, 9.17) is 4.74 Å². The molecule has 8 nitrogen and oxygen atoms in total. The van der Waals surface area contributed by atoms with Crippen molar-refractivity contribution in [2.45, 2.75) is 6.92 Å². The smallest absolute Gasteiger partial charge is 0.277 e. The van der Waals surface area contributed by atoms with E-state index in [2.05, 4.69) is 31.0 Å². The van der Waals surface area contributed by atoms with Crippen molar-refractivity contribution in [2.75, 3.05) is 6.61 Å². The molecule has 1 aromatic heterocycles. The molecule has 1 heterocycles. The zero-order valence-electron chi connectivity index (χ0n) is 15.2. The molecule has 1 amide bonds. The first-order valence-corrected chi connectivity index (χ1v) is 9.10. The van der Waals surface area contributed by atoms with Gasteiger partial charge in [0.15, 0.2) is 6.61 Å². The molecule has 0 saturated carbocycles. The van der Waals surface area contributed by atoms with Gasteiger partial charge < -0.3 is 9.30 Å². The van der Waals surface area contributed by atoms with Gasteiger partial charge in [0, 0.05) is 41.3 Å². The number of carbonyl (C=O) groups excluding carboxylic acids is 1. The third-order valence-corrected chi connectivity index (χ3v) is 4.94. The van der Waals surface area contributed by atoms with Crippen molar-refractivity contribution in [3.8, 4) is 5.75 Å². The van der Waals surface area contributed by atoms with Gasteiger partial charge in [-0.2, -0.15) is 5.10 Å². The Kier molecular flexibility index (Phi) is 5.74. The highest BCUT2D eigenvalue weighted by Crippen LogP contribution is 2.29.